The van der Waals surface area contributed by atoms with E-state index in [-0.39, 0.29) is 23.0 Å². The van der Waals surface area contributed by atoms with Crippen molar-refractivity contribution in [2.24, 2.45) is 0 Å². The fourth-order valence-corrected chi connectivity index (χ4v) is 2.77. The first-order chi connectivity index (χ1) is 11.8. The lowest BCUT2D eigenvalue weighted by atomic mass is 10.1. The highest BCUT2D eigenvalue weighted by Gasteiger charge is 2.35. The quantitative estimate of drug-likeness (QED) is 0.929. The number of para-hydroxylation sites is 1. The maximum atomic E-state index is 13.9. The zero-order chi connectivity index (χ0) is 18.2. The molecule has 6 nitrogen and oxygen atoms in total. The predicted molar refractivity (Wildman–Crippen MR) is 91.8 cm³/mol. The summed E-state index contributed by atoms with van der Waals surface area (Å²) in [5.74, 6) is -1.11. The Hall–Kier alpha value is -2.70. The molecule has 1 aliphatic rings. The summed E-state index contributed by atoms with van der Waals surface area (Å²) in [4.78, 5) is 26.3. The normalized spacial score (nSPS) is 17.8. The summed E-state index contributed by atoms with van der Waals surface area (Å²) < 4.78 is 15.6. The number of carbonyl (C=O) groups is 2. The van der Waals surface area contributed by atoms with Gasteiger partial charge in [-0.3, -0.25) is 14.3 Å². The Kier molecular flexibility index (Phi) is 4.32. The summed E-state index contributed by atoms with van der Waals surface area (Å²) in [5, 5.41) is 6.91. The van der Waals surface area contributed by atoms with Gasteiger partial charge < -0.3 is 10.2 Å². The standard InChI is InChI=1S/C18H21FN4O2/c1-18(2,3)23-11-12(10-20-23)16(24)21-14-8-9-22(17(14)25)15-7-5-4-6-13(15)19/h4-7,10-11,14H,8-9H2,1-3H3,(H,21,24)/t14-/m1/s1. The lowest BCUT2D eigenvalue weighted by Gasteiger charge is -2.19. The number of carbonyl (C=O) groups excluding carboxylic acids is 2. The van der Waals surface area contributed by atoms with Crippen LogP contribution in [0.4, 0.5) is 10.1 Å². The molecule has 1 atom stereocenters. The van der Waals surface area contributed by atoms with E-state index >= 15 is 0 Å². The van der Waals surface area contributed by atoms with Gasteiger partial charge in [-0.15, -0.1) is 0 Å². The van der Waals surface area contributed by atoms with E-state index in [1.165, 1.54) is 17.2 Å². The largest absolute Gasteiger partial charge is 0.340 e. The molecule has 3 rings (SSSR count). The smallest absolute Gasteiger partial charge is 0.255 e. The minimum atomic E-state index is -0.662. The van der Waals surface area contributed by atoms with Crippen molar-refractivity contribution in [3.8, 4) is 0 Å². The molecular formula is C18H21FN4O2. The molecule has 1 aromatic heterocycles. The maximum absolute atomic E-state index is 13.9. The lowest BCUT2D eigenvalue weighted by Crippen LogP contribution is -2.41. The molecule has 7 heteroatoms. The molecule has 1 fully saturated rings. The molecule has 2 amide bonds. The van der Waals surface area contributed by atoms with Crippen LogP contribution < -0.4 is 10.2 Å². The van der Waals surface area contributed by atoms with Gasteiger partial charge in [0.15, 0.2) is 0 Å². The van der Waals surface area contributed by atoms with Gasteiger partial charge in [0.1, 0.15) is 11.9 Å². The second-order valence-corrected chi connectivity index (χ2v) is 7.10. The third-order valence-corrected chi connectivity index (χ3v) is 4.19. The summed E-state index contributed by atoms with van der Waals surface area (Å²) in [6, 6.07) is 5.47. The van der Waals surface area contributed by atoms with Crippen molar-refractivity contribution in [2.45, 2.75) is 38.8 Å². The Bertz CT molecular complexity index is 809. The number of hydrogen-bond donors (Lipinski definition) is 1. The molecule has 0 saturated carbocycles. The highest BCUT2D eigenvalue weighted by molar-refractivity contribution is 6.03. The zero-order valence-electron chi connectivity index (χ0n) is 14.5. The molecule has 0 aliphatic carbocycles. The van der Waals surface area contributed by atoms with Crippen LogP contribution in [0.3, 0.4) is 0 Å². The Balaban J connectivity index is 1.70. The second-order valence-electron chi connectivity index (χ2n) is 7.10. The average Bonchev–Trinajstić information content (AvgIpc) is 3.16. The van der Waals surface area contributed by atoms with Crippen LogP contribution >= 0.6 is 0 Å². The first-order valence-electron chi connectivity index (χ1n) is 8.19. The van der Waals surface area contributed by atoms with Crippen molar-refractivity contribution >= 4 is 17.5 Å². The molecule has 1 aliphatic heterocycles. The molecule has 132 valence electrons. The van der Waals surface area contributed by atoms with Crippen molar-refractivity contribution in [3.05, 3.63) is 48.0 Å². The summed E-state index contributed by atoms with van der Waals surface area (Å²) in [7, 11) is 0. The van der Waals surface area contributed by atoms with Crippen LogP contribution in [0, 0.1) is 5.82 Å². The molecule has 25 heavy (non-hydrogen) atoms. The molecular weight excluding hydrogens is 323 g/mol. The molecule has 0 radical (unpaired) electrons. The van der Waals surface area contributed by atoms with Crippen molar-refractivity contribution in [1.29, 1.82) is 0 Å². The minimum Gasteiger partial charge on any atom is -0.340 e. The molecule has 1 saturated heterocycles. The van der Waals surface area contributed by atoms with E-state index in [4.69, 9.17) is 0 Å². The van der Waals surface area contributed by atoms with Crippen molar-refractivity contribution in [1.82, 2.24) is 15.1 Å². The molecule has 0 bridgehead atoms. The zero-order valence-corrected chi connectivity index (χ0v) is 14.5. The third-order valence-electron chi connectivity index (χ3n) is 4.19. The topological polar surface area (TPSA) is 67.2 Å². The number of anilines is 1. The molecule has 1 aromatic carbocycles. The van der Waals surface area contributed by atoms with Gasteiger partial charge in [0.05, 0.1) is 23.0 Å². The lowest BCUT2D eigenvalue weighted by molar-refractivity contribution is -0.118. The number of benzene rings is 1. The summed E-state index contributed by atoms with van der Waals surface area (Å²) >= 11 is 0. The van der Waals surface area contributed by atoms with E-state index in [2.05, 4.69) is 10.4 Å². The molecule has 2 aromatic rings. The number of rotatable bonds is 3. The highest BCUT2D eigenvalue weighted by Crippen LogP contribution is 2.24. The number of hydrogen-bond acceptors (Lipinski definition) is 3. The van der Waals surface area contributed by atoms with E-state index < -0.39 is 11.9 Å². The Morgan fingerprint density at radius 3 is 2.68 bits per heavy atom. The summed E-state index contributed by atoms with van der Waals surface area (Å²) in [5.41, 5.74) is 0.403. The summed E-state index contributed by atoms with van der Waals surface area (Å²) in [6.45, 7) is 6.31. The molecule has 1 N–H and O–H groups in total. The highest BCUT2D eigenvalue weighted by atomic mass is 19.1. The Morgan fingerprint density at radius 1 is 1.32 bits per heavy atom. The van der Waals surface area contributed by atoms with Gasteiger partial charge in [0, 0.05) is 12.7 Å². The van der Waals surface area contributed by atoms with Crippen LogP contribution in [0.15, 0.2) is 36.7 Å². The first kappa shape index (κ1) is 17.1. The van der Waals surface area contributed by atoms with Crippen molar-refractivity contribution in [2.75, 3.05) is 11.4 Å². The number of nitrogens with zero attached hydrogens (tertiary/aromatic N) is 3. The molecule has 0 spiro atoms. The van der Waals surface area contributed by atoms with Gasteiger partial charge in [0.25, 0.3) is 5.91 Å². The average molecular weight is 344 g/mol. The van der Waals surface area contributed by atoms with Gasteiger partial charge >= 0.3 is 0 Å². The van der Waals surface area contributed by atoms with Crippen LogP contribution in [-0.4, -0.2) is 34.2 Å². The summed E-state index contributed by atoms with van der Waals surface area (Å²) in [6.07, 6.45) is 3.57. The Morgan fingerprint density at radius 2 is 2.04 bits per heavy atom. The fraction of sp³-hybridized carbons (Fsp3) is 0.389. The van der Waals surface area contributed by atoms with Gasteiger partial charge in [-0.25, -0.2) is 4.39 Å². The maximum Gasteiger partial charge on any atom is 0.255 e. The van der Waals surface area contributed by atoms with Gasteiger partial charge in [-0.05, 0) is 39.3 Å². The van der Waals surface area contributed by atoms with Crippen LogP contribution in [0.1, 0.15) is 37.6 Å². The van der Waals surface area contributed by atoms with E-state index in [0.29, 0.717) is 18.5 Å². The van der Waals surface area contributed by atoms with Crippen molar-refractivity contribution < 1.29 is 14.0 Å². The number of aromatic nitrogens is 2. The Labute approximate surface area is 145 Å². The van der Waals surface area contributed by atoms with Gasteiger partial charge in [-0.1, -0.05) is 12.1 Å². The number of halogens is 1. The first-order valence-corrected chi connectivity index (χ1v) is 8.19. The number of amides is 2. The van der Waals surface area contributed by atoms with E-state index in [1.54, 1.807) is 29.1 Å². The van der Waals surface area contributed by atoms with Crippen LogP contribution in [0.25, 0.3) is 0 Å². The fourth-order valence-electron chi connectivity index (χ4n) is 2.77. The monoisotopic (exact) mass is 344 g/mol. The molecule has 2 heterocycles. The predicted octanol–water partition coefficient (Wildman–Crippen LogP) is 2.31. The van der Waals surface area contributed by atoms with Crippen LogP contribution in [-0.2, 0) is 10.3 Å². The van der Waals surface area contributed by atoms with Crippen LogP contribution in [0.2, 0.25) is 0 Å². The van der Waals surface area contributed by atoms with Gasteiger partial charge in [-0.2, -0.15) is 5.10 Å². The van der Waals surface area contributed by atoms with E-state index in [0.717, 1.165) is 0 Å². The molecule has 0 unspecified atom stereocenters. The van der Waals surface area contributed by atoms with Crippen molar-refractivity contribution in [3.63, 3.8) is 0 Å². The minimum absolute atomic E-state index is 0.233. The second kappa shape index (κ2) is 6.31. The van der Waals surface area contributed by atoms with Crippen LogP contribution in [0.5, 0.6) is 0 Å². The number of nitrogens with one attached hydrogen (secondary N) is 1. The van der Waals surface area contributed by atoms with E-state index in [1.807, 2.05) is 20.8 Å². The van der Waals surface area contributed by atoms with Gasteiger partial charge in [0.2, 0.25) is 5.91 Å². The SMILES string of the molecule is CC(C)(C)n1cc(C(=O)N[C@@H]2CCN(c3ccccc3F)C2=O)cn1. The third kappa shape index (κ3) is 3.40. The van der Waals surface area contributed by atoms with E-state index in [9.17, 15) is 14.0 Å².